The maximum absolute atomic E-state index is 12.2. The average Bonchev–Trinajstić information content (AvgIpc) is 2.23. The summed E-state index contributed by atoms with van der Waals surface area (Å²) in [5.41, 5.74) is 5.19. The third kappa shape index (κ3) is 3.83. The molecule has 6 heteroatoms. The highest BCUT2D eigenvalue weighted by atomic mass is 35.5. The molecular formula is C13H26ClN3O2. The van der Waals surface area contributed by atoms with Crippen LogP contribution in [0.4, 0.5) is 0 Å². The minimum atomic E-state index is -0.326. The van der Waals surface area contributed by atoms with E-state index < -0.39 is 0 Å². The van der Waals surface area contributed by atoms with Crippen molar-refractivity contribution < 1.29 is 9.59 Å². The number of carbonyl (C=O) groups excluding carboxylic acids is 2. The number of hydrogen-bond donors (Lipinski definition) is 1. The van der Waals surface area contributed by atoms with E-state index in [9.17, 15) is 9.59 Å². The van der Waals surface area contributed by atoms with E-state index >= 15 is 0 Å². The van der Waals surface area contributed by atoms with Gasteiger partial charge in [-0.3, -0.25) is 9.59 Å². The Morgan fingerprint density at radius 3 is 2.26 bits per heavy atom. The lowest BCUT2D eigenvalue weighted by Crippen LogP contribution is -2.65. The van der Waals surface area contributed by atoms with Crippen molar-refractivity contribution in [3.63, 3.8) is 0 Å². The molecule has 0 aromatic heterocycles. The van der Waals surface area contributed by atoms with Crippen LogP contribution < -0.4 is 5.73 Å². The van der Waals surface area contributed by atoms with Crippen molar-refractivity contribution in [2.24, 2.45) is 11.7 Å². The molecule has 0 saturated carbocycles. The second kappa shape index (κ2) is 6.57. The van der Waals surface area contributed by atoms with Crippen molar-refractivity contribution in [2.45, 2.75) is 46.2 Å². The quantitative estimate of drug-likeness (QED) is 0.839. The van der Waals surface area contributed by atoms with Crippen LogP contribution in [0.3, 0.4) is 0 Å². The first kappa shape index (κ1) is 18.2. The molecule has 1 unspecified atom stereocenters. The molecule has 1 heterocycles. The monoisotopic (exact) mass is 291 g/mol. The molecule has 0 aromatic carbocycles. The predicted molar refractivity (Wildman–Crippen MR) is 78.1 cm³/mol. The van der Waals surface area contributed by atoms with Gasteiger partial charge in [0.25, 0.3) is 0 Å². The van der Waals surface area contributed by atoms with Crippen molar-refractivity contribution in [3.05, 3.63) is 0 Å². The summed E-state index contributed by atoms with van der Waals surface area (Å²) in [6.45, 7) is 10.9. The van der Waals surface area contributed by atoms with Crippen LogP contribution in [-0.2, 0) is 9.59 Å². The fourth-order valence-corrected chi connectivity index (χ4v) is 2.73. The molecule has 0 aliphatic carbocycles. The van der Waals surface area contributed by atoms with Crippen molar-refractivity contribution in [1.29, 1.82) is 0 Å². The van der Waals surface area contributed by atoms with Crippen LogP contribution >= 0.6 is 12.4 Å². The molecule has 1 aliphatic rings. The van der Waals surface area contributed by atoms with E-state index in [1.807, 2.05) is 32.6 Å². The van der Waals surface area contributed by atoms with E-state index in [4.69, 9.17) is 5.73 Å². The van der Waals surface area contributed by atoms with E-state index in [1.54, 1.807) is 11.8 Å². The molecule has 1 aliphatic heterocycles. The van der Waals surface area contributed by atoms with E-state index in [0.29, 0.717) is 13.1 Å². The second-order valence-corrected chi connectivity index (χ2v) is 6.00. The Morgan fingerprint density at radius 2 is 1.89 bits per heavy atom. The van der Waals surface area contributed by atoms with Gasteiger partial charge in [0, 0.05) is 25.0 Å². The van der Waals surface area contributed by atoms with Gasteiger partial charge in [-0.15, -0.1) is 12.4 Å². The highest BCUT2D eigenvalue weighted by molar-refractivity contribution is 5.88. The number of rotatable bonds is 3. The first-order valence-electron chi connectivity index (χ1n) is 6.51. The Bertz CT molecular complexity index is 345. The standard InChI is InChI=1S/C13H25N3O2.ClH/c1-9(2)16-11(17)7-15(8-13(16,4)5)12(18)10(3)6-14;/h9-10H,6-8,14H2,1-5H3;1H. The van der Waals surface area contributed by atoms with Gasteiger partial charge >= 0.3 is 0 Å². The van der Waals surface area contributed by atoms with Crippen molar-refractivity contribution in [1.82, 2.24) is 9.80 Å². The zero-order chi connectivity index (χ0) is 14.1. The van der Waals surface area contributed by atoms with Crippen LogP contribution in [0.15, 0.2) is 0 Å². The highest BCUT2D eigenvalue weighted by Gasteiger charge is 2.41. The van der Waals surface area contributed by atoms with Crippen LogP contribution in [0.25, 0.3) is 0 Å². The van der Waals surface area contributed by atoms with Crippen LogP contribution in [0.2, 0.25) is 0 Å². The van der Waals surface area contributed by atoms with E-state index in [1.165, 1.54) is 0 Å². The fourth-order valence-electron chi connectivity index (χ4n) is 2.73. The van der Waals surface area contributed by atoms with Gasteiger partial charge in [-0.2, -0.15) is 0 Å². The van der Waals surface area contributed by atoms with Gasteiger partial charge in [0.05, 0.1) is 12.1 Å². The number of nitrogens with zero attached hydrogens (tertiary/aromatic N) is 2. The summed E-state index contributed by atoms with van der Waals surface area (Å²) < 4.78 is 0. The lowest BCUT2D eigenvalue weighted by molar-refractivity contribution is -0.157. The largest absolute Gasteiger partial charge is 0.332 e. The van der Waals surface area contributed by atoms with Crippen molar-refractivity contribution >= 4 is 24.2 Å². The number of amides is 2. The van der Waals surface area contributed by atoms with Crippen molar-refractivity contribution in [2.75, 3.05) is 19.6 Å². The molecule has 0 bridgehead atoms. The Hall–Kier alpha value is -0.810. The molecule has 1 saturated heterocycles. The summed E-state index contributed by atoms with van der Waals surface area (Å²) in [4.78, 5) is 27.8. The van der Waals surface area contributed by atoms with Gasteiger partial charge in [0.2, 0.25) is 11.8 Å². The Kier molecular flexibility index (Phi) is 6.29. The van der Waals surface area contributed by atoms with E-state index in [-0.39, 0.29) is 48.3 Å². The first-order chi connectivity index (χ1) is 8.20. The second-order valence-electron chi connectivity index (χ2n) is 6.00. The summed E-state index contributed by atoms with van der Waals surface area (Å²) in [5, 5.41) is 0. The number of nitrogens with two attached hydrogens (primary N) is 1. The molecule has 1 fully saturated rings. The summed E-state index contributed by atoms with van der Waals surface area (Å²) in [7, 11) is 0. The molecule has 0 radical (unpaired) electrons. The highest BCUT2D eigenvalue weighted by Crippen LogP contribution is 2.25. The zero-order valence-electron chi connectivity index (χ0n) is 12.5. The van der Waals surface area contributed by atoms with E-state index in [0.717, 1.165) is 0 Å². The lowest BCUT2D eigenvalue weighted by Gasteiger charge is -2.49. The summed E-state index contributed by atoms with van der Waals surface area (Å²) in [6.07, 6.45) is 0. The topological polar surface area (TPSA) is 66.6 Å². The fraction of sp³-hybridized carbons (Fsp3) is 0.846. The van der Waals surface area contributed by atoms with Gasteiger partial charge in [0.15, 0.2) is 0 Å². The maximum Gasteiger partial charge on any atom is 0.242 e. The molecule has 1 atom stereocenters. The number of piperazine rings is 1. The van der Waals surface area contributed by atoms with Crippen LogP contribution in [0.5, 0.6) is 0 Å². The van der Waals surface area contributed by atoms with Gasteiger partial charge in [-0.1, -0.05) is 6.92 Å². The lowest BCUT2D eigenvalue weighted by atomic mass is 9.95. The molecule has 1 rings (SSSR count). The number of carbonyl (C=O) groups is 2. The maximum atomic E-state index is 12.2. The molecule has 5 nitrogen and oxygen atoms in total. The molecule has 0 aromatic rings. The minimum absolute atomic E-state index is 0. The third-order valence-corrected chi connectivity index (χ3v) is 3.43. The third-order valence-electron chi connectivity index (χ3n) is 3.43. The Labute approximate surface area is 121 Å². The average molecular weight is 292 g/mol. The molecule has 0 spiro atoms. The van der Waals surface area contributed by atoms with Gasteiger partial charge in [-0.25, -0.2) is 0 Å². The smallest absolute Gasteiger partial charge is 0.242 e. The van der Waals surface area contributed by atoms with Crippen LogP contribution in [0.1, 0.15) is 34.6 Å². The molecule has 2 N–H and O–H groups in total. The van der Waals surface area contributed by atoms with Gasteiger partial charge < -0.3 is 15.5 Å². The Balaban J connectivity index is 0.00000324. The SMILES string of the molecule is CC(CN)C(=O)N1CC(=O)N(C(C)C)C(C)(C)C1.Cl. The Morgan fingerprint density at radius 1 is 1.37 bits per heavy atom. The van der Waals surface area contributed by atoms with Gasteiger partial charge in [0.1, 0.15) is 0 Å². The normalized spacial score (nSPS) is 20.3. The summed E-state index contributed by atoms with van der Waals surface area (Å²) in [6, 6.07) is 0.150. The minimum Gasteiger partial charge on any atom is -0.332 e. The number of hydrogen-bond acceptors (Lipinski definition) is 3. The summed E-state index contributed by atoms with van der Waals surface area (Å²) in [5.74, 6) is -0.236. The summed E-state index contributed by atoms with van der Waals surface area (Å²) >= 11 is 0. The van der Waals surface area contributed by atoms with Crippen LogP contribution in [0, 0.1) is 5.92 Å². The van der Waals surface area contributed by atoms with Gasteiger partial charge in [-0.05, 0) is 27.7 Å². The molecule has 2 amide bonds. The number of halogens is 1. The molecule has 19 heavy (non-hydrogen) atoms. The van der Waals surface area contributed by atoms with Crippen molar-refractivity contribution in [3.8, 4) is 0 Å². The van der Waals surface area contributed by atoms with E-state index in [2.05, 4.69) is 0 Å². The molecular weight excluding hydrogens is 266 g/mol. The predicted octanol–water partition coefficient (Wildman–Crippen LogP) is 0.861. The first-order valence-corrected chi connectivity index (χ1v) is 6.51. The molecule has 112 valence electrons. The van der Waals surface area contributed by atoms with Crippen LogP contribution in [-0.4, -0.2) is 52.8 Å². The zero-order valence-corrected chi connectivity index (χ0v) is 13.3.